The molecule has 1 fully saturated rings. The lowest BCUT2D eigenvalue weighted by atomic mass is 9.99. The summed E-state index contributed by atoms with van der Waals surface area (Å²) in [6, 6.07) is 5.43. The van der Waals surface area contributed by atoms with Gasteiger partial charge in [0.1, 0.15) is 0 Å². The third-order valence-corrected chi connectivity index (χ3v) is 3.81. The first-order chi connectivity index (χ1) is 9.54. The number of amides is 1. The Kier molecular flexibility index (Phi) is 4.49. The second-order valence-electron chi connectivity index (χ2n) is 5.50. The lowest BCUT2D eigenvalue weighted by molar-refractivity contribution is 0.0828. The van der Waals surface area contributed by atoms with Crippen molar-refractivity contribution in [2.75, 3.05) is 37.9 Å². The Labute approximate surface area is 120 Å². The van der Waals surface area contributed by atoms with Gasteiger partial charge in [-0.2, -0.15) is 0 Å². The van der Waals surface area contributed by atoms with E-state index in [4.69, 9.17) is 5.73 Å². The smallest absolute Gasteiger partial charge is 0.255 e. The molecule has 0 radical (unpaired) electrons. The number of carbonyl (C=O) groups is 1. The van der Waals surface area contributed by atoms with E-state index in [0.29, 0.717) is 11.3 Å². The Morgan fingerprint density at radius 3 is 2.85 bits per heavy atom. The van der Waals surface area contributed by atoms with Crippen molar-refractivity contribution >= 4 is 17.3 Å². The molecule has 1 aliphatic heterocycles. The molecule has 2 rings (SSSR count). The van der Waals surface area contributed by atoms with Gasteiger partial charge in [-0.15, -0.1) is 0 Å². The highest BCUT2D eigenvalue weighted by molar-refractivity contribution is 6.00. The number of aliphatic hydroxyl groups excluding tert-OH is 1. The van der Waals surface area contributed by atoms with Crippen LogP contribution in [0.25, 0.3) is 0 Å². The van der Waals surface area contributed by atoms with Crippen LogP contribution in [-0.4, -0.2) is 49.2 Å². The van der Waals surface area contributed by atoms with Crippen LogP contribution < -0.4 is 10.6 Å². The van der Waals surface area contributed by atoms with Crippen LogP contribution in [0.1, 0.15) is 29.6 Å². The Bertz CT molecular complexity index is 488. The van der Waals surface area contributed by atoms with Crippen LogP contribution in [0.2, 0.25) is 0 Å². The molecule has 3 N–H and O–H groups in total. The summed E-state index contributed by atoms with van der Waals surface area (Å²) < 4.78 is 0. The van der Waals surface area contributed by atoms with Crippen molar-refractivity contribution < 1.29 is 9.90 Å². The summed E-state index contributed by atoms with van der Waals surface area (Å²) in [5.74, 6) is -0.0396. The van der Waals surface area contributed by atoms with E-state index in [9.17, 15) is 9.90 Å². The fraction of sp³-hybridized carbons (Fsp3) is 0.533. The number of anilines is 2. The predicted octanol–water partition coefficient (Wildman–Crippen LogP) is 1.32. The number of hydrogen-bond acceptors (Lipinski definition) is 4. The zero-order valence-corrected chi connectivity index (χ0v) is 12.2. The fourth-order valence-electron chi connectivity index (χ4n) is 2.72. The molecule has 110 valence electrons. The number of hydrogen-bond donors (Lipinski definition) is 2. The van der Waals surface area contributed by atoms with Gasteiger partial charge in [-0.3, -0.25) is 4.79 Å². The number of nitrogens with two attached hydrogens (primary N) is 1. The van der Waals surface area contributed by atoms with Crippen LogP contribution in [0.4, 0.5) is 11.4 Å². The normalized spacial score (nSPS) is 18.9. The number of nitrogen functional groups attached to an aromatic ring is 1. The molecular formula is C15H23N3O2. The van der Waals surface area contributed by atoms with Gasteiger partial charge >= 0.3 is 0 Å². The van der Waals surface area contributed by atoms with Crippen molar-refractivity contribution in [3.63, 3.8) is 0 Å². The summed E-state index contributed by atoms with van der Waals surface area (Å²) in [6.45, 7) is 0.951. The second kappa shape index (κ2) is 6.13. The Morgan fingerprint density at radius 1 is 1.45 bits per heavy atom. The first kappa shape index (κ1) is 14.7. The Hall–Kier alpha value is -1.75. The number of carbonyl (C=O) groups excluding carboxylic acids is 1. The minimum Gasteiger partial charge on any atom is -0.399 e. The average molecular weight is 277 g/mol. The van der Waals surface area contributed by atoms with Gasteiger partial charge in [-0.1, -0.05) is 0 Å². The van der Waals surface area contributed by atoms with Crippen molar-refractivity contribution in [2.45, 2.75) is 25.3 Å². The summed E-state index contributed by atoms with van der Waals surface area (Å²) in [4.78, 5) is 16.0. The van der Waals surface area contributed by atoms with Crippen LogP contribution in [0, 0.1) is 0 Å². The summed E-state index contributed by atoms with van der Waals surface area (Å²) in [5, 5.41) is 9.56. The molecule has 20 heavy (non-hydrogen) atoms. The maximum absolute atomic E-state index is 12.3. The molecule has 1 aromatic carbocycles. The third kappa shape index (κ3) is 2.88. The molecule has 0 aromatic heterocycles. The Balaban J connectivity index is 2.42. The lowest BCUT2D eigenvalue weighted by Crippen LogP contribution is -2.43. The van der Waals surface area contributed by atoms with Crippen LogP contribution in [0.3, 0.4) is 0 Å². The van der Waals surface area contributed by atoms with Gasteiger partial charge in [-0.25, -0.2) is 0 Å². The Morgan fingerprint density at radius 2 is 2.20 bits per heavy atom. The molecule has 1 saturated heterocycles. The van der Waals surface area contributed by atoms with E-state index in [1.165, 1.54) is 0 Å². The largest absolute Gasteiger partial charge is 0.399 e. The average Bonchev–Trinajstić information content (AvgIpc) is 2.46. The molecular weight excluding hydrogens is 254 g/mol. The highest BCUT2D eigenvalue weighted by Gasteiger charge is 2.26. The summed E-state index contributed by atoms with van der Waals surface area (Å²) in [6.07, 6.45) is 3.13. The topological polar surface area (TPSA) is 69.8 Å². The van der Waals surface area contributed by atoms with Crippen LogP contribution in [-0.2, 0) is 0 Å². The predicted molar refractivity (Wildman–Crippen MR) is 80.9 cm³/mol. The van der Waals surface area contributed by atoms with Crippen molar-refractivity contribution in [2.24, 2.45) is 0 Å². The standard InChI is InChI=1S/C15H23N3O2/c1-17(2)15(20)13-7-6-11(16)9-14(13)18-8-4-3-5-12(18)10-19/h6-7,9,12,19H,3-5,8,10,16H2,1-2H3. The molecule has 5 heteroatoms. The molecule has 5 nitrogen and oxygen atoms in total. The highest BCUT2D eigenvalue weighted by atomic mass is 16.3. The van der Waals surface area contributed by atoms with Crippen LogP contribution >= 0.6 is 0 Å². The van der Waals surface area contributed by atoms with E-state index in [1.54, 1.807) is 31.1 Å². The first-order valence-corrected chi connectivity index (χ1v) is 7.03. The maximum Gasteiger partial charge on any atom is 0.255 e. The minimum atomic E-state index is -0.0396. The van der Waals surface area contributed by atoms with E-state index in [0.717, 1.165) is 31.5 Å². The van der Waals surface area contributed by atoms with Crippen molar-refractivity contribution in [1.82, 2.24) is 4.90 Å². The van der Waals surface area contributed by atoms with Crippen LogP contribution in [0.5, 0.6) is 0 Å². The van der Waals surface area contributed by atoms with Gasteiger partial charge in [-0.05, 0) is 37.5 Å². The van der Waals surface area contributed by atoms with Crippen molar-refractivity contribution in [1.29, 1.82) is 0 Å². The molecule has 1 aliphatic rings. The fourth-order valence-corrected chi connectivity index (χ4v) is 2.72. The van der Waals surface area contributed by atoms with Gasteiger partial charge in [0.15, 0.2) is 0 Å². The molecule has 0 aliphatic carbocycles. The molecule has 0 bridgehead atoms. The zero-order chi connectivity index (χ0) is 14.7. The molecule has 1 aromatic rings. The summed E-state index contributed by atoms with van der Waals surface area (Å²) in [5.41, 5.74) is 8.00. The molecule has 1 amide bonds. The summed E-state index contributed by atoms with van der Waals surface area (Å²) >= 11 is 0. The van der Waals surface area contributed by atoms with Gasteiger partial charge < -0.3 is 20.6 Å². The van der Waals surface area contributed by atoms with Crippen LogP contribution in [0.15, 0.2) is 18.2 Å². The highest BCUT2D eigenvalue weighted by Crippen LogP contribution is 2.30. The molecule has 1 atom stereocenters. The number of piperidine rings is 1. The lowest BCUT2D eigenvalue weighted by Gasteiger charge is -2.37. The number of nitrogens with zero attached hydrogens (tertiary/aromatic N) is 2. The van der Waals surface area contributed by atoms with E-state index >= 15 is 0 Å². The van der Waals surface area contributed by atoms with E-state index in [2.05, 4.69) is 4.90 Å². The van der Waals surface area contributed by atoms with Gasteiger partial charge in [0, 0.05) is 26.3 Å². The molecule has 1 unspecified atom stereocenters. The van der Waals surface area contributed by atoms with E-state index in [1.807, 2.05) is 6.07 Å². The molecule has 0 saturated carbocycles. The third-order valence-electron chi connectivity index (χ3n) is 3.81. The van der Waals surface area contributed by atoms with E-state index < -0.39 is 0 Å². The van der Waals surface area contributed by atoms with Crippen molar-refractivity contribution in [3.05, 3.63) is 23.8 Å². The van der Waals surface area contributed by atoms with Gasteiger partial charge in [0.25, 0.3) is 5.91 Å². The maximum atomic E-state index is 12.3. The monoisotopic (exact) mass is 277 g/mol. The SMILES string of the molecule is CN(C)C(=O)c1ccc(N)cc1N1CCCCC1CO. The van der Waals surface area contributed by atoms with Gasteiger partial charge in [0.2, 0.25) is 0 Å². The van der Waals surface area contributed by atoms with Gasteiger partial charge in [0.05, 0.1) is 23.9 Å². The van der Waals surface area contributed by atoms with E-state index in [-0.39, 0.29) is 18.6 Å². The van der Waals surface area contributed by atoms with Crippen molar-refractivity contribution in [3.8, 4) is 0 Å². The quantitative estimate of drug-likeness (QED) is 0.818. The first-order valence-electron chi connectivity index (χ1n) is 7.03. The number of rotatable bonds is 3. The number of benzene rings is 1. The second-order valence-corrected chi connectivity index (χ2v) is 5.50. The minimum absolute atomic E-state index is 0.0396. The molecule has 1 heterocycles. The summed E-state index contributed by atoms with van der Waals surface area (Å²) in [7, 11) is 3.48. The molecule has 0 spiro atoms. The zero-order valence-electron chi connectivity index (χ0n) is 12.2. The number of aliphatic hydroxyl groups is 1.